The Kier molecular flexibility index (Phi) is 7.15. The molecule has 0 aromatic carbocycles. The Bertz CT molecular complexity index is 404. The quantitative estimate of drug-likeness (QED) is 0.619. The second kappa shape index (κ2) is 9.11. The number of likely N-dealkylation sites (N-methyl/N-ethyl adjacent to an activating group) is 1. The zero-order chi connectivity index (χ0) is 16.7. The van der Waals surface area contributed by atoms with Crippen molar-refractivity contribution in [3.8, 4) is 0 Å². The van der Waals surface area contributed by atoms with Crippen LogP contribution in [-0.2, 0) is 4.79 Å². The third-order valence-electron chi connectivity index (χ3n) is 4.97. The molecular formula is C17H33N5O. The maximum atomic E-state index is 11.5. The number of rotatable bonds is 4. The Balaban J connectivity index is 1.93. The fraction of sp³-hybridized carbons (Fsp3) is 0.882. The van der Waals surface area contributed by atoms with Crippen molar-refractivity contribution in [3.63, 3.8) is 0 Å². The molecule has 6 heteroatoms. The molecule has 2 rings (SSSR count). The van der Waals surface area contributed by atoms with E-state index < -0.39 is 0 Å². The summed E-state index contributed by atoms with van der Waals surface area (Å²) in [7, 11) is 0. The van der Waals surface area contributed by atoms with Crippen LogP contribution < -0.4 is 5.32 Å². The first kappa shape index (κ1) is 18.0. The van der Waals surface area contributed by atoms with Gasteiger partial charge in [0.2, 0.25) is 5.91 Å². The van der Waals surface area contributed by atoms with Gasteiger partial charge in [0.25, 0.3) is 0 Å². The summed E-state index contributed by atoms with van der Waals surface area (Å²) in [6, 6.07) is 0.584. The van der Waals surface area contributed by atoms with Crippen molar-refractivity contribution in [2.24, 2.45) is 4.99 Å². The van der Waals surface area contributed by atoms with E-state index in [9.17, 15) is 4.79 Å². The number of nitrogens with zero attached hydrogens (tertiary/aromatic N) is 4. The van der Waals surface area contributed by atoms with Gasteiger partial charge in [0, 0.05) is 45.7 Å². The third-order valence-corrected chi connectivity index (χ3v) is 4.97. The van der Waals surface area contributed by atoms with Gasteiger partial charge in [0.05, 0.1) is 6.54 Å². The van der Waals surface area contributed by atoms with Crippen LogP contribution in [0.25, 0.3) is 0 Å². The molecular weight excluding hydrogens is 290 g/mol. The van der Waals surface area contributed by atoms with Crippen LogP contribution in [0.1, 0.15) is 40.0 Å². The lowest BCUT2D eigenvalue weighted by Gasteiger charge is -2.37. The van der Waals surface area contributed by atoms with Crippen molar-refractivity contribution in [3.05, 3.63) is 0 Å². The molecule has 132 valence electrons. The maximum absolute atomic E-state index is 11.5. The Morgan fingerprint density at radius 3 is 2.39 bits per heavy atom. The molecule has 0 spiro atoms. The van der Waals surface area contributed by atoms with Crippen LogP contribution >= 0.6 is 0 Å². The Morgan fingerprint density at radius 2 is 1.78 bits per heavy atom. The zero-order valence-electron chi connectivity index (χ0n) is 15.1. The molecule has 2 aliphatic heterocycles. The number of guanidine groups is 1. The van der Waals surface area contributed by atoms with E-state index in [0.29, 0.717) is 6.04 Å². The SMILES string of the molecule is CCNC(=NCC1CCCCN1CC)N1CCN(C(C)=O)CC1. The second-order valence-electron chi connectivity index (χ2n) is 6.47. The number of amides is 1. The molecule has 0 aromatic rings. The van der Waals surface area contributed by atoms with Crippen LogP contribution in [0, 0.1) is 0 Å². The molecule has 2 fully saturated rings. The first-order valence-corrected chi connectivity index (χ1v) is 9.18. The van der Waals surface area contributed by atoms with Crippen LogP contribution in [0.3, 0.4) is 0 Å². The zero-order valence-corrected chi connectivity index (χ0v) is 15.1. The summed E-state index contributed by atoms with van der Waals surface area (Å²) in [6.45, 7) is 13.4. The van der Waals surface area contributed by atoms with Gasteiger partial charge in [-0.25, -0.2) is 0 Å². The molecule has 2 aliphatic rings. The van der Waals surface area contributed by atoms with Gasteiger partial charge in [-0.2, -0.15) is 0 Å². The average Bonchev–Trinajstić information content (AvgIpc) is 2.59. The predicted molar refractivity (Wildman–Crippen MR) is 94.7 cm³/mol. The third kappa shape index (κ3) is 5.09. The number of aliphatic imine (C=N–C) groups is 1. The monoisotopic (exact) mass is 323 g/mol. The van der Waals surface area contributed by atoms with Crippen molar-refractivity contribution >= 4 is 11.9 Å². The number of nitrogens with one attached hydrogen (secondary N) is 1. The van der Waals surface area contributed by atoms with E-state index in [1.54, 1.807) is 6.92 Å². The van der Waals surface area contributed by atoms with Crippen LogP contribution in [-0.4, -0.2) is 85.0 Å². The molecule has 1 amide bonds. The summed E-state index contributed by atoms with van der Waals surface area (Å²) >= 11 is 0. The van der Waals surface area contributed by atoms with Crippen molar-refractivity contribution in [1.29, 1.82) is 0 Å². The molecule has 1 unspecified atom stereocenters. The van der Waals surface area contributed by atoms with E-state index in [1.807, 2.05) is 4.90 Å². The number of carbonyl (C=O) groups is 1. The minimum atomic E-state index is 0.174. The highest BCUT2D eigenvalue weighted by Gasteiger charge is 2.23. The summed E-state index contributed by atoms with van der Waals surface area (Å²) in [5, 5.41) is 3.42. The molecule has 0 saturated carbocycles. The highest BCUT2D eigenvalue weighted by molar-refractivity contribution is 5.80. The summed E-state index contributed by atoms with van der Waals surface area (Å²) in [4.78, 5) is 23.1. The molecule has 0 radical (unpaired) electrons. The van der Waals surface area contributed by atoms with Crippen molar-refractivity contribution in [2.45, 2.75) is 46.1 Å². The highest BCUT2D eigenvalue weighted by Crippen LogP contribution is 2.17. The number of hydrogen-bond acceptors (Lipinski definition) is 3. The number of hydrogen-bond donors (Lipinski definition) is 1. The number of likely N-dealkylation sites (tertiary alicyclic amines) is 1. The molecule has 0 aliphatic carbocycles. The first-order chi connectivity index (χ1) is 11.2. The molecule has 0 bridgehead atoms. The van der Waals surface area contributed by atoms with Crippen LogP contribution in [0.5, 0.6) is 0 Å². The van der Waals surface area contributed by atoms with E-state index in [1.165, 1.54) is 25.8 Å². The van der Waals surface area contributed by atoms with Crippen LogP contribution in [0.4, 0.5) is 0 Å². The van der Waals surface area contributed by atoms with Gasteiger partial charge in [0.1, 0.15) is 0 Å². The van der Waals surface area contributed by atoms with Crippen LogP contribution in [0.2, 0.25) is 0 Å². The standard InChI is InChI=1S/C17H33N5O/c1-4-18-17(22-12-10-21(11-13-22)15(3)23)19-14-16-8-6-7-9-20(16)5-2/h16H,4-14H2,1-3H3,(H,18,19). The molecule has 2 heterocycles. The number of piperidine rings is 1. The normalized spacial score (nSPS) is 24.0. The topological polar surface area (TPSA) is 51.2 Å². The molecule has 23 heavy (non-hydrogen) atoms. The van der Waals surface area contributed by atoms with Crippen LogP contribution in [0.15, 0.2) is 4.99 Å². The fourth-order valence-corrected chi connectivity index (χ4v) is 3.53. The smallest absolute Gasteiger partial charge is 0.219 e. The fourth-order valence-electron chi connectivity index (χ4n) is 3.53. The van der Waals surface area contributed by atoms with Gasteiger partial charge in [-0.05, 0) is 32.9 Å². The van der Waals surface area contributed by atoms with Gasteiger partial charge in [0.15, 0.2) is 5.96 Å². The number of piperazine rings is 1. The lowest BCUT2D eigenvalue weighted by atomic mass is 10.0. The second-order valence-corrected chi connectivity index (χ2v) is 6.47. The number of carbonyl (C=O) groups excluding carboxylic acids is 1. The average molecular weight is 323 g/mol. The maximum Gasteiger partial charge on any atom is 0.219 e. The Morgan fingerprint density at radius 1 is 1.09 bits per heavy atom. The predicted octanol–water partition coefficient (Wildman–Crippen LogP) is 0.990. The van der Waals surface area contributed by atoms with E-state index in [0.717, 1.165) is 51.8 Å². The molecule has 2 saturated heterocycles. The Labute approximate surface area is 140 Å². The summed E-state index contributed by atoms with van der Waals surface area (Å²) in [5.41, 5.74) is 0. The van der Waals surface area contributed by atoms with Gasteiger partial charge < -0.3 is 15.1 Å². The van der Waals surface area contributed by atoms with Crippen molar-refractivity contribution in [2.75, 3.05) is 52.4 Å². The molecule has 1 N–H and O–H groups in total. The molecule has 6 nitrogen and oxygen atoms in total. The minimum absolute atomic E-state index is 0.174. The highest BCUT2D eigenvalue weighted by atomic mass is 16.2. The summed E-state index contributed by atoms with van der Waals surface area (Å²) < 4.78 is 0. The minimum Gasteiger partial charge on any atom is -0.357 e. The van der Waals surface area contributed by atoms with Crippen molar-refractivity contribution < 1.29 is 4.79 Å². The lowest BCUT2D eigenvalue weighted by molar-refractivity contribution is -0.130. The summed E-state index contributed by atoms with van der Waals surface area (Å²) in [6.07, 6.45) is 3.90. The lowest BCUT2D eigenvalue weighted by Crippen LogP contribution is -2.53. The summed E-state index contributed by atoms with van der Waals surface area (Å²) in [5.74, 6) is 1.18. The van der Waals surface area contributed by atoms with E-state index >= 15 is 0 Å². The van der Waals surface area contributed by atoms with Gasteiger partial charge in [-0.3, -0.25) is 14.7 Å². The van der Waals surface area contributed by atoms with Gasteiger partial charge >= 0.3 is 0 Å². The molecule has 0 aromatic heterocycles. The van der Waals surface area contributed by atoms with Gasteiger partial charge in [-0.15, -0.1) is 0 Å². The van der Waals surface area contributed by atoms with E-state index in [-0.39, 0.29) is 5.91 Å². The largest absolute Gasteiger partial charge is 0.357 e. The van der Waals surface area contributed by atoms with E-state index in [2.05, 4.69) is 29.0 Å². The Hall–Kier alpha value is -1.30. The first-order valence-electron chi connectivity index (χ1n) is 9.18. The molecule has 1 atom stereocenters. The van der Waals surface area contributed by atoms with Crippen molar-refractivity contribution in [1.82, 2.24) is 20.0 Å². The van der Waals surface area contributed by atoms with E-state index in [4.69, 9.17) is 4.99 Å². The van der Waals surface area contributed by atoms with Gasteiger partial charge in [-0.1, -0.05) is 13.3 Å².